The van der Waals surface area contributed by atoms with Gasteiger partial charge in [0, 0.05) is 17.6 Å². The van der Waals surface area contributed by atoms with E-state index in [-0.39, 0.29) is 16.6 Å². The number of carbonyl (C=O) groups is 2. The molecule has 0 atom stereocenters. The molecule has 0 radical (unpaired) electrons. The van der Waals surface area contributed by atoms with Gasteiger partial charge in [0.2, 0.25) is 0 Å². The first-order chi connectivity index (χ1) is 11.1. The van der Waals surface area contributed by atoms with Crippen molar-refractivity contribution in [3.63, 3.8) is 0 Å². The van der Waals surface area contributed by atoms with Gasteiger partial charge in [0.25, 0.3) is 0 Å². The zero-order valence-corrected chi connectivity index (χ0v) is 15.0. The third-order valence-electron chi connectivity index (χ3n) is 4.95. The summed E-state index contributed by atoms with van der Waals surface area (Å²) in [6.07, 6.45) is 3.49. The van der Waals surface area contributed by atoms with E-state index >= 15 is 0 Å². The first-order valence-electron chi connectivity index (χ1n) is 8.42. The Morgan fingerprint density at radius 2 is 1.54 bits per heavy atom. The quantitative estimate of drug-likeness (QED) is 0.834. The Hall–Kier alpha value is -1.88. The Labute approximate surface area is 143 Å². The van der Waals surface area contributed by atoms with Crippen LogP contribution in [0.5, 0.6) is 0 Å². The van der Waals surface area contributed by atoms with Crippen molar-refractivity contribution in [3.05, 3.63) is 35.4 Å². The summed E-state index contributed by atoms with van der Waals surface area (Å²) >= 11 is 0. The van der Waals surface area contributed by atoms with Crippen molar-refractivity contribution in [2.45, 2.75) is 58.0 Å². The lowest BCUT2D eigenvalue weighted by molar-refractivity contribution is -0.0402. The number of rotatable bonds is 5. The van der Waals surface area contributed by atoms with Crippen LogP contribution in [0.2, 0.25) is 0 Å². The SMILES string of the molecule is CC1(C)CCCC(C)(C)N1CCOC(=O)c1ccc(C(=O)O)cc1. The van der Waals surface area contributed by atoms with Gasteiger partial charge < -0.3 is 9.84 Å². The van der Waals surface area contributed by atoms with Crippen molar-refractivity contribution in [2.75, 3.05) is 13.2 Å². The van der Waals surface area contributed by atoms with E-state index in [0.29, 0.717) is 18.7 Å². The van der Waals surface area contributed by atoms with E-state index in [0.717, 1.165) is 12.8 Å². The summed E-state index contributed by atoms with van der Waals surface area (Å²) in [4.78, 5) is 25.4. The number of ether oxygens (including phenoxy) is 1. The summed E-state index contributed by atoms with van der Waals surface area (Å²) < 4.78 is 5.39. The van der Waals surface area contributed by atoms with E-state index in [1.165, 1.54) is 30.7 Å². The normalized spacial score (nSPS) is 19.7. The molecule has 5 nitrogen and oxygen atoms in total. The first kappa shape index (κ1) is 18.5. The summed E-state index contributed by atoms with van der Waals surface area (Å²) in [7, 11) is 0. The number of carbonyl (C=O) groups excluding carboxylic acids is 1. The van der Waals surface area contributed by atoms with Gasteiger partial charge in [0.15, 0.2) is 0 Å². The fourth-order valence-corrected chi connectivity index (χ4v) is 3.71. The minimum Gasteiger partial charge on any atom is -0.478 e. The zero-order valence-electron chi connectivity index (χ0n) is 15.0. The van der Waals surface area contributed by atoms with Crippen LogP contribution in [-0.2, 0) is 4.74 Å². The summed E-state index contributed by atoms with van der Waals surface area (Å²) in [6, 6.07) is 5.80. The maximum absolute atomic E-state index is 12.1. The molecule has 1 aliphatic rings. The van der Waals surface area contributed by atoms with Gasteiger partial charge in [-0.1, -0.05) is 0 Å². The molecule has 0 unspecified atom stereocenters. The van der Waals surface area contributed by atoms with Crippen molar-refractivity contribution >= 4 is 11.9 Å². The summed E-state index contributed by atoms with van der Waals surface area (Å²) in [5.74, 6) is -1.43. The molecule has 0 bridgehead atoms. The molecule has 0 aliphatic carbocycles. The highest BCUT2D eigenvalue weighted by molar-refractivity contribution is 5.92. The monoisotopic (exact) mass is 333 g/mol. The van der Waals surface area contributed by atoms with E-state index in [1.54, 1.807) is 0 Å². The Morgan fingerprint density at radius 3 is 2.04 bits per heavy atom. The predicted octanol–water partition coefficient (Wildman–Crippen LogP) is 3.58. The molecule has 1 aliphatic heterocycles. The van der Waals surface area contributed by atoms with Crippen molar-refractivity contribution in [1.29, 1.82) is 0 Å². The minimum atomic E-state index is -1.01. The van der Waals surface area contributed by atoms with Crippen molar-refractivity contribution in [2.24, 2.45) is 0 Å². The number of piperidine rings is 1. The molecule has 24 heavy (non-hydrogen) atoms. The van der Waals surface area contributed by atoms with E-state index in [1.807, 2.05) is 0 Å². The second-order valence-electron chi connectivity index (χ2n) is 7.65. The Morgan fingerprint density at radius 1 is 1.04 bits per heavy atom. The fourth-order valence-electron chi connectivity index (χ4n) is 3.71. The van der Waals surface area contributed by atoms with Gasteiger partial charge in [0.1, 0.15) is 6.61 Å². The van der Waals surface area contributed by atoms with E-state index in [2.05, 4.69) is 32.6 Å². The van der Waals surface area contributed by atoms with Crippen LogP contribution in [0.25, 0.3) is 0 Å². The number of hydrogen-bond acceptors (Lipinski definition) is 4. The third-order valence-corrected chi connectivity index (χ3v) is 4.95. The molecular weight excluding hydrogens is 306 g/mol. The Bertz CT molecular complexity index is 588. The van der Waals surface area contributed by atoms with Crippen LogP contribution in [-0.4, -0.2) is 46.2 Å². The molecule has 1 aromatic carbocycles. The largest absolute Gasteiger partial charge is 0.478 e. The van der Waals surface area contributed by atoms with Crippen molar-refractivity contribution < 1.29 is 19.4 Å². The average molecular weight is 333 g/mol. The molecule has 1 fully saturated rings. The zero-order chi connectivity index (χ0) is 18.0. The minimum absolute atomic E-state index is 0.0945. The number of esters is 1. The van der Waals surface area contributed by atoms with E-state index in [4.69, 9.17) is 9.84 Å². The lowest BCUT2D eigenvalue weighted by atomic mass is 9.80. The fraction of sp³-hybridized carbons (Fsp3) is 0.579. The van der Waals surface area contributed by atoms with Crippen molar-refractivity contribution in [1.82, 2.24) is 4.90 Å². The molecule has 1 saturated heterocycles. The number of likely N-dealkylation sites (tertiary alicyclic amines) is 1. The van der Waals surface area contributed by atoms with Gasteiger partial charge in [-0.15, -0.1) is 0 Å². The van der Waals surface area contributed by atoms with Crippen LogP contribution in [0.3, 0.4) is 0 Å². The topological polar surface area (TPSA) is 66.8 Å². The smallest absolute Gasteiger partial charge is 0.338 e. The predicted molar refractivity (Wildman–Crippen MR) is 92.4 cm³/mol. The number of benzene rings is 1. The highest BCUT2D eigenvalue weighted by atomic mass is 16.5. The molecule has 0 spiro atoms. The van der Waals surface area contributed by atoms with E-state index < -0.39 is 11.9 Å². The molecule has 132 valence electrons. The Kier molecular flexibility index (Phi) is 5.33. The third kappa shape index (κ3) is 4.15. The molecule has 1 N–H and O–H groups in total. The highest BCUT2D eigenvalue weighted by Gasteiger charge is 2.40. The second kappa shape index (κ2) is 6.93. The summed E-state index contributed by atoms with van der Waals surface area (Å²) in [5, 5.41) is 8.88. The number of nitrogens with zero attached hydrogens (tertiary/aromatic N) is 1. The van der Waals surface area contributed by atoms with Gasteiger partial charge >= 0.3 is 11.9 Å². The number of aromatic carboxylic acids is 1. The van der Waals surface area contributed by atoms with Crippen LogP contribution < -0.4 is 0 Å². The Balaban J connectivity index is 1.93. The van der Waals surface area contributed by atoms with Gasteiger partial charge in [-0.25, -0.2) is 9.59 Å². The van der Waals surface area contributed by atoms with Crippen LogP contribution in [0.4, 0.5) is 0 Å². The number of carboxylic acid groups (broad SMARTS) is 1. The lowest BCUT2D eigenvalue weighted by Gasteiger charge is -2.52. The molecule has 0 aromatic heterocycles. The number of hydrogen-bond donors (Lipinski definition) is 1. The summed E-state index contributed by atoms with van der Waals surface area (Å²) in [5.41, 5.74) is 0.717. The lowest BCUT2D eigenvalue weighted by Crippen LogP contribution is -2.59. The van der Waals surface area contributed by atoms with Crippen LogP contribution in [0.15, 0.2) is 24.3 Å². The molecule has 0 amide bonds. The summed E-state index contributed by atoms with van der Waals surface area (Å²) in [6.45, 7) is 9.97. The first-order valence-corrected chi connectivity index (χ1v) is 8.42. The maximum Gasteiger partial charge on any atom is 0.338 e. The highest BCUT2D eigenvalue weighted by Crippen LogP contribution is 2.37. The van der Waals surface area contributed by atoms with Crippen molar-refractivity contribution in [3.8, 4) is 0 Å². The second-order valence-corrected chi connectivity index (χ2v) is 7.65. The van der Waals surface area contributed by atoms with Gasteiger partial charge in [-0.2, -0.15) is 0 Å². The molecular formula is C19H27NO4. The molecule has 5 heteroatoms. The van der Waals surface area contributed by atoms with Crippen LogP contribution >= 0.6 is 0 Å². The maximum atomic E-state index is 12.1. The molecule has 1 heterocycles. The van der Waals surface area contributed by atoms with Crippen LogP contribution in [0.1, 0.15) is 67.7 Å². The van der Waals surface area contributed by atoms with Gasteiger partial charge in [-0.3, -0.25) is 4.90 Å². The molecule has 2 rings (SSSR count). The average Bonchev–Trinajstić information content (AvgIpc) is 2.49. The van der Waals surface area contributed by atoms with E-state index in [9.17, 15) is 9.59 Å². The molecule has 1 aromatic rings. The standard InChI is InChI=1S/C19H27NO4/c1-18(2)10-5-11-19(3,4)20(18)12-13-24-17(23)15-8-6-14(7-9-15)16(21)22/h6-9H,5,10-13H2,1-4H3,(H,21,22). The number of carboxylic acids is 1. The van der Waals surface area contributed by atoms with Crippen LogP contribution in [0, 0.1) is 0 Å². The molecule has 0 saturated carbocycles. The van der Waals surface area contributed by atoms with Gasteiger partial charge in [-0.05, 0) is 71.2 Å². The van der Waals surface area contributed by atoms with Gasteiger partial charge in [0.05, 0.1) is 11.1 Å².